The van der Waals surface area contributed by atoms with Gasteiger partial charge in [-0.3, -0.25) is 4.31 Å². The smallest absolute Gasteiger partial charge is 0.264 e. The average molecular weight is 411 g/mol. The molecule has 0 spiro atoms. The van der Waals surface area contributed by atoms with E-state index < -0.39 is 10.0 Å². The van der Waals surface area contributed by atoms with Crippen LogP contribution in [-0.2, 0) is 10.0 Å². The lowest BCUT2D eigenvalue weighted by molar-refractivity contribution is 0.578. The van der Waals surface area contributed by atoms with Crippen LogP contribution >= 0.6 is 0 Å². The van der Waals surface area contributed by atoms with E-state index in [4.69, 9.17) is 0 Å². The number of fused-ring (bicyclic) bond motifs is 1. The first-order chi connectivity index (χ1) is 13.7. The van der Waals surface area contributed by atoms with Gasteiger partial charge in [-0.05, 0) is 63.1 Å². The van der Waals surface area contributed by atoms with E-state index in [-0.39, 0.29) is 6.04 Å². The van der Waals surface area contributed by atoms with Crippen LogP contribution in [0.3, 0.4) is 0 Å². The van der Waals surface area contributed by atoms with Crippen LogP contribution in [0.15, 0.2) is 53.8 Å². The van der Waals surface area contributed by atoms with Crippen LogP contribution in [0.2, 0.25) is 0 Å². The van der Waals surface area contributed by atoms with Crippen LogP contribution < -0.4 is 9.21 Å². The molecular weight excluding hydrogens is 384 g/mol. The number of benzene rings is 2. The lowest BCUT2D eigenvalue weighted by Gasteiger charge is -2.41. The number of sulfonamides is 1. The van der Waals surface area contributed by atoms with Gasteiger partial charge in [-0.25, -0.2) is 13.4 Å². The average Bonchev–Trinajstić information content (AvgIpc) is 3.11. The molecule has 1 unspecified atom stereocenters. The van der Waals surface area contributed by atoms with Gasteiger partial charge in [-0.15, -0.1) is 0 Å². The highest BCUT2D eigenvalue weighted by Gasteiger charge is 2.35. The second kappa shape index (κ2) is 6.91. The van der Waals surface area contributed by atoms with Crippen molar-refractivity contribution in [1.82, 2.24) is 9.55 Å². The van der Waals surface area contributed by atoms with Crippen LogP contribution in [0.5, 0.6) is 0 Å². The fourth-order valence-electron chi connectivity index (χ4n) is 3.93. The molecule has 0 saturated carbocycles. The van der Waals surface area contributed by atoms with Gasteiger partial charge in [0.25, 0.3) is 10.0 Å². The standard InChI is InChI=1S/C22H26N4O2S/c1-15-7-6-8-20-22(15)26(13-18(4)24(20)5)29(27,28)21-10-9-19(11-16(21)2)25-12-17(3)23-14-25/h6-12,14,18H,13H2,1-5H3. The van der Waals surface area contributed by atoms with Gasteiger partial charge in [0.15, 0.2) is 0 Å². The van der Waals surface area contributed by atoms with Crippen LogP contribution in [0.4, 0.5) is 11.4 Å². The zero-order valence-electron chi connectivity index (χ0n) is 17.4. The van der Waals surface area contributed by atoms with Crippen molar-refractivity contribution < 1.29 is 8.42 Å². The van der Waals surface area contributed by atoms with Gasteiger partial charge in [0, 0.05) is 25.0 Å². The second-order valence-electron chi connectivity index (χ2n) is 7.81. The molecule has 4 rings (SSSR count). The number of imidazole rings is 1. The Hall–Kier alpha value is -2.80. The number of aryl methyl sites for hydroxylation is 3. The predicted octanol–water partition coefficient (Wildman–Crippen LogP) is 3.83. The molecule has 0 N–H and O–H groups in total. The zero-order chi connectivity index (χ0) is 20.9. The summed E-state index contributed by atoms with van der Waals surface area (Å²) in [6, 6.07) is 11.4. The molecule has 0 saturated heterocycles. The number of hydrogen-bond acceptors (Lipinski definition) is 4. The summed E-state index contributed by atoms with van der Waals surface area (Å²) in [6.45, 7) is 8.20. The molecule has 2 aromatic carbocycles. The summed E-state index contributed by atoms with van der Waals surface area (Å²) in [7, 11) is -1.68. The maximum absolute atomic E-state index is 13.7. The molecule has 152 valence electrons. The molecule has 6 nitrogen and oxygen atoms in total. The van der Waals surface area contributed by atoms with Gasteiger partial charge in [0.05, 0.1) is 34.8 Å². The first-order valence-electron chi connectivity index (χ1n) is 9.67. The maximum Gasteiger partial charge on any atom is 0.264 e. The van der Waals surface area contributed by atoms with Crippen LogP contribution in [0, 0.1) is 20.8 Å². The molecule has 1 aromatic heterocycles. The molecule has 0 amide bonds. The molecule has 1 atom stereocenters. The third-order valence-electron chi connectivity index (χ3n) is 5.67. The van der Waals surface area contributed by atoms with Gasteiger partial charge in [0.1, 0.15) is 0 Å². The van der Waals surface area contributed by atoms with Crippen LogP contribution in [0.25, 0.3) is 5.69 Å². The summed E-state index contributed by atoms with van der Waals surface area (Å²) in [5.41, 5.74) is 5.18. The lowest BCUT2D eigenvalue weighted by atomic mass is 10.1. The third-order valence-corrected chi connectivity index (χ3v) is 7.60. The monoisotopic (exact) mass is 410 g/mol. The molecule has 1 aliphatic heterocycles. The van der Waals surface area contributed by atoms with Crippen molar-refractivity contribution in [2.45, 2.75) is 38.6 Å². The van der Waals surface area contributed by atoms with Gasteiger partial charge >= 0.3 is 0 Å². The van der Waals surface area contributed by atoms with E-state index in [2.05, 4.69) is 9.88 Å². The van der Waals surface area contributed by atoms with Gasteiger partial charge in [-0.2, -0.15) is 0 Å². The molecule has 3 aromatic rings. The van der Waals surface area contributed by atoms with E-state index in [9.17, 15) is 8.42 Å². The fraction of sp³-hybridized carbons (Fsp3) is 0.318. The molecule has 29 heavy (non-hydrogen) atoms. The first kappa shape index (κ1) is 19.5. The number of nitrogens with zero attached hydrogens (tertiary/aromatic N) is 4. The van der Waals surface area contributed by atoms with Crippen molar-refractivity contribution in [3.05, 3.63) is 65.7 Å². The van der Waals surface area contributed by atoms with Gasteiger partial charge in [0.2, 0.25) is 0 Å². The molecule has 7 heteroatoms. The Labute approximate surface area is 172 Å². The Balaban J connectivity index is 1.81. The van der Waals surface area contributed by atoms with Crippen molar-refractivity contribution in [2.75, 3.05) is 22.8 Å². The van der Waals surface area contributed by atoms with E-state index >= 15 is 0 Å². The topological polar surface area (TPSA) is 58.4 Å². The maximum atomic E-state index is 13.7. The van der Waals surface area contributed by atoms with E-state index in [0.717, 1.165) is 33.9 Å². The minimum atomic E-state index is -3.70. The molecule has 1 aliphatic rings. The quantitative estimate of drug-likeness (QED) is 0.658. The van der Waals surface area contributed by atoms with Crippen molar-refractivity contribution >= 4 is 21.4 Å². The van der Waals surface area contributed by atoms with E-state index in [0.29, 0.717) is 11.4 Å². The summed E-state index contributed by atoms with van der Waals surface area (Å²) < 4.78 is 30.9. The van der Waals surface area contributed by atoms with E-state index in [1.165, 1.54) is 0 Å². The SMILES string of the molecule is Cc1cn(-c2ccc(S(=O)(=O)N3CC(C)N(C)c4cccc(C)c43)c(C)c2)cn1. The molecular formula is C22H26N4O2S. The predicted molar refractivity (Wildman–Crippen MR) is 117 cm³/mol. The molecule has 0 bridgehead atoms. The van der Waals surface area contributed by atoms with E-state index in [1.54, 1.807) is 16.7 Å². The van der Waals surface area contributed by atoms with Crippen LogP contribution in [-0.4, -0.2) is 37.6 Å². The van der Waals surface area contributed by atoms with E-state index in [1.807, 2.05) is 75.8 Å². The van der Waals surface area contributed by atoms with Crippen molar-refractivity contribution in [3.8, 4) is 5.69 Å². The zero-order valence-corrected chi connectivity index (χ0v) is 18.2. The number of hydrogen-bond donors (Lipinski definition) is 0. The Morgan fingerprint density at radius 3 is 2.48 bits per heavy atom. The number of rotatable bonds is 3. The minimum absolute atomic E-state index is 0.0765. The van der Waals surface area contributed by atoms with Crippen molar-refractivity contribution in [3.63, 3.8) is 0 Å². The largest absolute Gasteiger partial charge is 0.368 e. The Morgan fingerprint density at radius 2 is 1.83 bits per heavy atom. The Morgan fingerprint density at radius 1 is 1.07 bits per heavy atom. The highest BCUT2D eigenvalue weighted by molar-refractivity contribution is 7.93. The Bertz CT molecular complexity index is 1180. The highest BCUT2D eigenvalue weighted by Crippen LogP contribution is 2.40. The highest BCUT2D eigenvalue weighted by atomic mass is 32.2. The van der Waals surface area contributed by atoms with Crippen molar-refractivity contribution in [1.29, 1.82) is 0 Å². The molecule has 0 radical (unpaired) electrons. The normalized spacial score (nSPS) is 16.8. The van der Waals surface area contributed by atoms with Gasteiger partial charge < -0.3 is 9.47 Å². The summed E-state index contributed by atoms with van der Waals surface area (Å²) in [5.74, 6) is 0. The number of para-hydroxylation sites is 1. The first-order valence-corrected chi connectivity index (χ1v) is 11.1. The van der Waals surface area contributed by atoms with Gasteiger partial charge in [-0.1, -0.05) is 12.1 Å². The Kier molecular flexibility index (Phi) is 4.65. The molecule has 2 heterocycles. The number of aromatic nitrogens is 2. The summed E-state index contributed by atoms with van der Waals surface area (Å²) in [4.78, 5) is 6.73. The molecule has 0 aliphatic carbocycles. The lowest BCUT2D eigenvalue weighted by Crippen LogP contribution is -2.48. The third kappa shape index (κ3) is 3.19. The number of likely N-dealkylation sites (N-methyl/N-ethyl adjacent to an activating group) is 1. The summed E-state index contributed by atoms with van der Waals surface area (Å²) in [5, 5.41) is 0. The summed E-state index contributed by atoms with van der Waals surface area (Å²) in [6.07, 6.45) is 3.66. The summed E-state index contributed by atoms with van der Waals surface area (Å²) >= 11 is 0. The molecule has 0 fully saturated rings. The fourth-order valence-corrected chi connectivity index (χ4v) is 5.76. The van der Waals surface area contributed by atoms with Crippen LogP contribution in [0.1, 0.15) is 23.7 Å². The minimum Gasteiger partial charge on any atom is -0.368 e. The second-order valence-corrected chi connectivity index (χ2v) is 9.64. The number of anilines is 2. The van der Waals surface area contributed by atoms with Crippen molar-refractivity contribution in [2.24, 2.45) is 0 Å².